The maximum absolute atomic E-state index is 7.52. The molecule has 0 N–H and O–H groups in total. The molecule has 0 saturated carbocycles. The Morgan fingerprint density at radius 1 is 2.00 bits per heavy atom. The van der Waals surface area contributed by atoms with E-state index in [9.17, 15) is 0 Å². The van der Waals surface area contributed by atoms with Crippen LogP contribution in [-0.2, 0) is 0 Å². The lowest BCUT2D eigenvalue weighted by atomic mass is 11.5. The van der Waals surface area contributed by atoms with Crippen LogP contribution in [0.15, 0.2) is 5.11 Å². The molecule has 0 rings (SSSR count). The molecule has 0 heterocycles. The molecular formula is CClN3S. The van der Waals surface area contributed by atoms with E-state index in [1.165, 1.54) is 0 Å². The first-order chi connectivity index (χ1) is 2.77. The Kier molecular flexibility index (Phi) is 2.75. The molecule has 0 amide bonds. The zero-order valence-electron chi connectivity index (χ0n) is 2.63. The molecule has 0 radical (unpaired) electrons. The normalized spacial score (nSPS) is 6.17. The van der Waals surface area contributed by atoms with E-state index in [4.69, 9.17) is 17.1 Å². The molecule has 0 bridgehead atoms. The molecule has 0 saturated heterocycles. The lowest BCUT2D eigenvalue weighted by molar-refractivity contribution is 1.72. The highest BCUT2D eigenvalue weighted by Crippen LogP contribution is 1.83. The van der Waals surface area contributed by atoms with E-state index in [2.05, 4.69) is 22.2 Å². The summed E-state index contributed by atoms with van der Waals surface area (Å²) < 4.78 is -0.197. The van der Waals surface area contributed by atoms with Gasteiger partial charge in [0.05, 0.1) is 0 Å². The van der Waals surface area contributed by atoms with Crippen LogP contribution in [0, 0.1) is 0 Å². The minimum absolute atomic E-state index is 0.197. The summed E-state index contributed by atoms with van der Waals surface area (Å²) in [4.78, 5) is 2.29. The molecule has 0 aromatic heterocycles. The van der Waals surface area contributed by atoms with Gasteiger partial charge < -0.3 is 0 Å². The van der Waals surface area contributed by atoms with Crippen LogP contribution >= 0.6 is 23.8 Å². The second-order valence-electron chi connectivity index (χ2n) is 0.442. The quantitative estimate of drug-likeness (QED) is 0.120. The van der Waals surface area contributed by atoms with Crippen LogP contribution in [0.2, 0.25) is 0 Å². The predicted molar refractivity (Wildman–Crippen MR) is 27.6 cm³/mol. The number of thiocarbonyl (C=S) groups is 1. The van der Waals surface area contributed by atoms with Crippen LogP contribution in [-0.4, -0.2) is 4.45 Å². The van der Waals surface area contributed by atoms with Gasteiger partial charge in [-0.3, -0.25) is 0 Å². The highest BCUT2D eigenvalue weighted by Gasteiger charge is 1.72. The summed E-state index contributed by atoms with van der Waals surface area (Å²) >= 11 is 9.03. The van der Waals surface area contributed by atoms with Gasteiger partial charge in [-0.05, 0) is 10.6 Å². The van der Waals surface area contributed by atoms with E-state index in [1.807, 2.05) is 0 Å². The van der Waals surface area contributed by atoms with Gasteiger partial charge >= 0.3 is 0 Å². The summed E-state index contributed by atoms with van der Waals surface area (Å²) in [6.07, 6.45) is 0. The third kappa shape index (κ3) is 3.69. The summed E-state index contributed by atoms with van der Waals surface area (Å²) in [5.41, 5.74) is 7.52. The highest BCUT2D eigenvalue weighted by molar-refractivity contribution is 7.83. The van der Waals surface area contributed by atoms with Crippen molar-refractivity contribution in [2.24, 2.45) is 5.11 Å². The fourth-order valence-corrected chi connectivity index (χ4v) is 0.105. The molecule has 6 heavy (non-hydrogen) atoms. The predicted octanol–water partition coefficient (Wildman–Crippen LogP) is 1.82. The first kappa shape index (κ1) is 5.69. The molecule has 0 aliphatic rings. The third-order valence-corrected chi connectivity index (χ3v) is 0.281. The van der Waals surface area contributed by atoms with Crippen molar-refractivity contribution in [1.82, 2.24) is 0 Å². The monoisotopic (exact) mass is 121 g/mol. The molecule has 0 fully saturated rings. The van der Waals surface area contributed by atoms with Gasteiger partial charge in [0.1, 0.15) is 0 Å². The Bertz CT molecular complexity index is 103. The first-order valence-electron chi connectivity index (χ1n) is 1.02. The zero-order valence-corrected chi connectivity index (χ0v) is 4.20. The summed E-state index contributed by atoms with van der Waals surface area (Å²) in [6, 6.07) is 0. The van der Waals surface area contributed by atoms with Gasteiger partial charge in [-0.2, -0.15) is 0 Å². The molecule has 0 aliphatic heterocycles. The average Bonchev–Trinajstić information content (AvgIpc) is 1.35. The Hall–Kier alpha value is -0.310. The Morgan fingerprint density at radius 2 is 2.50 bits per heavy atom. The number of halogens is 1. The Labute approximate surface area is 44.5 Å². The van der Waals surface area contributed by atoms with E-state index >= 15 is 0 Å². The van der Waals surface area contributed by atoms with Crippen molar-refractivity contribution in [2.45, 2.75) is 0 Å². The van der Waals surface area contributed by atoms with Crippen molar-refractivity contribution in [3.05, 3.63) is 10.4 Å². The van der Waals surface area contributed by atoms with Crippen LogP contribution in [0.3, 0.4) is 0 Å². The van der Waals surface area contributed by atoms with Gasteiger partial charge in [-0.25, -0.2) is 0 Å². The number of hydrogen-bond acceptors (Lipinski definition) is 1. The van der Waals surface area contributed by atoms with Crippen LogP contribution in [0.5, 0.6) is 0 Å². The van der Waals surface area contributed by atoms with Gasteiger partial charge in [0, 0.05) is 4.91 Å². The molecule has 5 heteroatoms. The Morgan fingerprint density at radius 3 is 2.50 bits per heavy atom. The highest BCUT2D eigenvalue weighted by atomic mass is 35.5. The molecule has 32 valence electrons. The van der Waals surface area contributed by atoms with Crippen molar-refractivity contribution >= 4 is 28.3 Å². The van der Waals surface area contributed by atoms with Crippen LogP contribution in [0.25, 0.3) is 10.4 Å². The van der Waals surface area contributed by atoms with E-state index in [-0.39, 0.29) is 4.45 Å². The molecular weight excluding hydrogens is 122 g/mol. The summed E-state index contributed by atoms with van der Waals surface area (Å²) in [5, 5.41) is 2.80. The van der Waals surface area contributed by atoms with E-state index in [0.717, 1.165) is 0 Å². The maximum atomic E-state index is 7.52. The SMILES string of the molecule is [N-]=[N+]=NC(=S)Cl. The van der Waals surface area contributed by atoms with Crippen molar-refractivity contribution in [3.63, 3.8) is 0 Å². The largest absolute Gasteiger partial charge is 0.167 e. The van der Waals surface area contributed by atoms with Crippen molar-refractivity contribution in [3.8, 4) is 0 Å². The fraction of sp³-hybridized carbons (Fsp3) is 0. The van der Waals surface area contributed by atoms with Gasteiger partial charge in [0.2, 0.25) is 0 Å². The molecule has 0 atom stereocenters. The summed E-state index contributed by atoms with van der Waals surface area (Å²) in [7, 11) is 0. The summed E-state index contributed by atoms with van der Waals surface area (Å²) in [6.45, 7) is 0. The molecule has 3 nitrogen and oxygen atoms in total. The second-order valence-corrected chi connectivity index (χ2v) is 1.41. The standard InChI is InChI=1S/CClN3S/c2-1(6)4-5-3. The van der Waals surface area contributed by atoms with Gasteiger partial charge in [-0.1, -0.05) is 23.8 Å². The second kappa shape index (κ2) is 2.90. The molecule has 0 spiro atoms. The molecule has 0 aliphatic carbocycles. The molecule has 0 aromatic carbocycles. The smallest absolute Gasteiger partial charge is 0.0695 e. The van der Waals surface area contributed by atoms with Gasteiger partial charge in [0.25, 0.3) is 0 Å². The lowest BCUT2D eigenvalue weighted by Crippen LogP contribution is -1.61. The van der Waals surface area contributed by atoms with Crippen LogP contribution in [0.1, 0.15) is 0 Å². The van der Waals surface area contributed by atoms with Crippen molar-refractivity contribution < 1.29 is 0 Å². The minimum Gasteiger partial charge on any atom is -0.0695 e. The molecule has 0 unspecified atom stereocenters. The van der Waals surface area contributed by atoms with Crippen molar-refractivity contribution in [1.29, 1.82) is 0 Å². The number of hydrogen-bond donors (Lipinski definition) is 0. The van der Waals surface area contributed by atoms with Crippen LogP contribution in [0.4, 0.5) is 0 Å². The van der Waals surface area contributed by atoms with Crippen molar-refractivity contribution in [2.75, 3.05) is 0 Å². The van der Waals surface area contributed by atoms with E-state index < -0.39 is 0 Å². The fourth-order valence-electron chi connectivity index (χ4n) is 0.0352. The zero-order chi connectivity index (χ0) is 4.99. The van der Waals surface area contributed by atoms with E-state index in [1.54, 1.807) is 0 Å². The topological polar surface area (TPSA) is 48.8 Å². The Balaban J connectivity index is 3.60. The maximum Gasteiger partial charge on any atom is 0.167 e. The average molecular weight is 122 g/mol. The first-order valence-corrected chi connectivity index (χ1v) is 1.80. The number of nitrogens with zero attached hydrogens (tertiary/aromatic N) is 3. The van der Waals surface area contributed by atoms with Crippen LogP contribution < -0.4 is 0 Å². The number of azide groups is 1. The number of rotatable bonds is 0. The summed E-state index contributed by atoms with van der Waals surface area (Å²) in [5.74, 6) is 0. The van der Waals surface area contributed by atoms with Gasteiger partial charge in [-0.15, -0.1) is 0 Å². The lowest BCUT2D eigenvalue weighted by Gasteiger charge is -1.62. The van der Waals surface area contributed by atoms with Gasteiger partial charge in [0.15, 0.2) is 4.45 Å². The molecule has 0 aromatic rings. The minimum atomic E-state index is -0.197. The van der Waals surface area contributed by atoms with E-state index in [0.29, 0.717) is 0 Å². The third-order valence-electron chi connectivity index (χ3n) is 0.123.